The van der Waals surface area contributed by atoms with Gasteiger partial charge >= 0.3 is 0 Å². The van der Waals surface area contributed by atoms with Crippen molar-refractivity contribution in [2.75, 3.05) is 7.05 Å². The third-order valence-electron chi connectivity index (χ3n) is 2.73. The highest BCUT2D eigenvalue weighted by molar-refractivity contribution is 5.97. The second kappa shape index (κ2) is 5.98. The second-order valence-corrected chi connectivity index (χ2v) is 3.98. The standard InChI is InChI=1S/C15H17N3/c1-17-15(13-10-6-3-7-11-13)18-14(16)12-8-4-2-5-9-12/h2-11,15,17H,1H3,(H2,16,18). The Morgan fingerprint density at radius 1 is 1.00 bits per heavy atom. The number of nitrogens with two attached hydrogens (primary N) is 1. The molecule has 3 heteroatoms. The Labute approximate surface area is 107 Å². The fraction of sp³-hybridized carbons (Fsp3) is 0.133. The molecule has 0 saturated heterocycles. The van der Waals surface area contributed by atoms with E-state index in [2.05, 4.69) is 10.3 Å². The van der Waals surface area contributed by atoms with Crippen molar-refractivity contribution in [2.45, 2.75) is 6.17 Å². The molecule has 0 amide bonds. The molecule has 0 saturated carbocycles. The maximum Gasteiger partial charge on any atom is 0.127 e. The molecular weight excluding hydrogens is 222 g/mol. The van der Waals surface area contributed by atoms with Gasteiger partial charge < -0.3 is 5.73 Å². The average Bonchev–Trinajstić information content (AvgIpc) is 2.46. The molecule has 0 aromatic heterocycles. The van der Waals surface area contributed by atoms with Crippen molar-refractivity contribution in [2.24, 2.45) is 10.7 Å². The molecule has 2 aromatic carbocycles. The molecule has 2 aromatic rings. The third-order valence-corrected chi connectivity index (χ3v) is 2.73. The van der Waals surface area contributed by atoms with Gasteiger partial charge in [-0.25, -0.2) is 4.99 Å². The van der Waals surface area contributed by atoms with Crippen LogP contribution in [0.2, 0.25) is 0 Å². The van der Waals surface area contributed by atoms with Crippen molar-refractivity contribution in [1.29, 1.82) is 0 Å². The maximum atomic E-state index is 6.02. The molecule has 0 aliphatic carbocycles. The van der Waals surface area contributed by atoms with Crippen LogP contribution in [0.15, 0.2) is 65.7 Å². The molecule has 0 aliphatic heterocycles. The number of hydrogen-bond donors (Lipinski definition) is 2. The number of rotatable bonds is 4. The van der Waals surface area contributed by atoms with Gasteiger partial charge in [0.05, 0.1) is 0 Å². The topological polar surface area (TPSA) is 50.4 Å². The van der Waals surface area contributed by atoms with Crippen LogP contribution >= 0.6 is 0 Å². The Morgan fingerprint density at radius 3 is 2.11 bits per heavy atom. The first-order chi connectivity index (χ1) is 8.81. The van der Waals surface area contributed by atoms with Gasteiger partial charge in [-0.2, -0.15) is 0 Å². The summed E-state index contributed by atoms with van der Waals surface area (Å²) in [5.74, 6) is 0.541. The largest absolute Gasteiger partial charge is 0.383 e. The van der Waals surface area contributed by atoms with Gasteiger partial charge in [-0.3, -0.25) is 5.32 Å². The van der Waals surface area contributed by atoms with E-state index >= 15 is 0 Å². The first-order valence-electron chi connectivity index (χ1n) is 5.92. The Hall–Kier alpha value is -2.13. The average molecular weight is 239 g/mol. The molecule has 0 spiro atoms. The first kappa shape index (κ1) is 12.3. The minimum atomic E-state index is -0.119. The molecule has 0 radical (unpaired) electrons. The molecule has 92 valence electrons. The molecule has 2 rings (SSSR count). The minimum absolute atomic E-state index is 0.119. The van der Waals surface area contributed by atoms with Crippen LogP contribution in [-0.4, -0.2) is 12.9 Å². The lowest BCUT2D eigenvalue weighted by Gasteiger charge is -2.13. The van der Waals surface area contributed by atoms with Gasteiger partial charge in [0, 0.05) is 5.56 Å². The Kier molecular flexibility index (Phi) is 4.10. The van der Waals surface area contributed by atoms with E-state index in [9.17, 15) is 0 Å². The fourth-order valence-electron chi connectivity index (χ4n) is 1.76. The monoisotopic (exact) mass is 239 g/mol. The molecule has 0 fully saturated rings. The SMILES string of the molecule is CNC(N=C(N)c1ccccc1)c1ccccc1. The zero-order valence-corrected chi connectivity index (χ0v) is 10.4. The summed E-state index contributed by atoms with van der Waals surface area (Å²) in [7, 11) is 1.87. The quantitative estimate of drug-likeness (QED) is 0.635. The van der Waals surface area contributed by atoms with Crippen LogP contribution in [0.4, 0.5) is 0 Å². The Bertz CT molecular complexity index is 506. The van der Waals surface area contributed by atoms with Crippen LogP contribution in [0.25, 0.3) is 0 Å². The predicted octanol–water partition coefficient (Wildman–Crippen LogP) is 2.31. The number of amidine groups is 1. The molecule has 1 unspecified atom stereocenters. The van der Waals surface area contributed by atoms with E-state index in [1.165, 1.54) is 0 Å². The van der Waals surface area contributed by atoms with E-state index in [4.69, 9.17) is 5.73 Å². The van der Waals surface area contributed by atoms with E-state index in [1.54, 1.807) is 0 Å². The second-order valence-electron chi connectivity index (χ2n) is 3.98. The van der Waals surface area contributed by atoms with E-state index < -0.39 is 0 Å². The normalized spacial score (nSPS) is 13.3. The van der Waals surface area contributed by atoms with Crippen molar-refractivity contribution < 1.29 is 0 Å². The number of benzene rings is 2. The summed E-state index contributed by atoms with van der Waals surface area (Å²) in [6, 6.07) is 19.8. The molecule has 3 N–H and O–H groups in total. The summed E-state index contributed by atoms with van der Waals surface area (Å²) in [5, 5.41) is 3.15. The molecule has 1 atom stereocenters. The van der Waals surface area contributed by atoms with Gasteiger partial charge in [0.1, 0.15) is 12.0 Å². The van der Waals surface area contributed by atoms with Gasteiger partial charge in [0.15, 0.2) is 0 Å². The smallest absolute Gasteiger partial charge is 0.127 e. The van der Waals surface area contributed by atoms with Crippen LogP contribution in [0.5, 0.6) is 0 Å². The molecule has 0 heterocycles. The highest BCUT2D eigenvalue weighted by atomic mass is 15.1. The lowest BCUT2D eigenvalue weighted by Crippen LogP contribution is -2.21. The van der Waals surface area contributed by atoms with Gasteiger partial charge in [-0.1, -0.05) is 60.7 Å². The number of hydrogen-bond acceptors (Lipinski definition) is 2. The molecule has 0 aliphatic rings. The lowest BCUT2D eigenvalue weighted by molar-refractivity contribution is 0.625. The zero-order chi connectivity index (χ0) is 12.8. The summed E-state index contributed by atoms with van der Waals surface area (Å²) in [6.07, 6.45) is -0.119. The molecule has 0 bridgehead atoms. The van der Waals surface area contributed by atoms with Crippen LogP contribution in [0, 0.1) is 0 Å². The van der Waals surface area contributed by atoms with Crippen LogP contribution in [0.3, 0.4) is 0 Å². The summed E-state index contributed by atoms with van der Waals surface area (Å²) in [4.78, 5) is 4.52. The number of nitrogens with zero attached hydrogens (tertiary/aromatic N) is 1. The summed E-state index contributed by atoms with van der Waals surface area (Å²) < 4.78 is 0. The summed E-state index contributed by atoms with van der Waals surface area (Å²) in [6.45, 7) is 0. The Balaban J connectivity index is 2.25. The van der Waals surface area contributed by atoms with Crippen LogP contribution in [0.1, 0.15) is 17.3 Å². The Morgan fingerprint density at radius 2 is 1.56 bits per heavy atom. The van der Waals surface area contributed by atoms with Crippen molar-refractivity contribution >= 4 is 5.84 Å². The van der Waals surface area contributed by atoms with Crippen LogP contribution < -0.4 is 11.1 Å². The maximum absolute atomic E-state index is 6.02. The molecule has 18 heavy (non-hydrogen) atoms. The van der Waals surface area contributed by atoms with Gasteiger partial charge in [0.25, 0.3) is 0 Å². The van der Waals surface area contributed by atoms with Crippen molar-refractivity contribution in [1.82, 2.24) is 5.32 Å². The highest BCUT2D eigenvalue weighted by Crippen LogP contribution is 2.14. The van der Waals surface area contributed by atoms with E-state index in [-0.39, 0.29) is 6.17 Å². The summed E-state index contributed by atoms with van der Waals surface area (Å²) >= 11 is 0. The van der Waals surface area contributed by atoms with Gasteiger partial charge in [-0.05, 0) is 12.6 Å². The third kappa shape index (κ3) is 2.96. The molecular formula is C15H17N3. The predicted molar refractivity (Wildman–Crippen MR) is 75.4 cm³/mol. The molecule has 3 nitrogen and oxygen atoms in total. The van der Waals surface area contributed by atoms with Crippen molar-refractivity contribution in [3.63, 3.8) is 0 Å². The van der Waals surface area contributed by atoms with Crippen LogP contribution in [-0.2, 0) is 0 Å². The number of aliphatic imine (C=N–C) groups is 1. The van der Waals surface area contributed by atoms with Gasteiger partial charge in [0.2, 0.25) is 0 Å². The first-order valence-corrected chi connectivity index (χ1v) is 5.92. The van der Waals surface area contributed by atoms with E-state index in [1.807, 2.05) is 67.7 Å². The van der Waals surface area contributed by atoms with E-state index in [0.717, 1.165) is 11.1 Å². The number of nitrogens with one attached hydrogen (secondary N) is 1. The highest BCUT2D eigenvalue weighted by Gasteiger charge is 2.07. The zero-order valence-electron chi connectivity index (χ0n) is 10.4. The minimum Gasteiger partial charge on any atom is -0.383 e. The summed E-state index contributed by atoms with van der Waals surface area (Å²) in [5.41, 5.74) is 8.05. The van der Waals surface area contributed by atoms with Crippen molar-refractivity contribution in [3.8, 4) is 0 Å². The van der Waals surface area contributed by atoms with Crippen molar-refractivity contribution in [3.05, 3.63) is 71.8 Å². The van der Waals surface area contributed by atoms with Gasteiger partial charge in [-0.15, -0.1) is 0 Å². The van der Waals surface area contributed by atoms with E-state index in [0.29, 0.717) is 5.84 Å². The lowest BCUT2D eigenvalue weighted by atomic mass is 10.1. The fourth-order valence-corrected chi connectivity index (χ4v) is 1.76.